The number of sulfonamides is 1. The third-order valence-corrected chi connectivity index (χ3v) is 13.7. The summed E-state index contributed by atoms with van der Waals surface area (Å²) >= 11 is 6.23. The summed E-state index contributed by atoms with van der Waals surface area (Å²) in [4.78, 5) is 32.4. The van der Waals surface area contributed by atoms with E-state index in [2.05, 4.69) is 50.8 Å². The standard InChI is InChI=1S/C46H50ClFN6O7S/c1-46(2)15-13-33(38(26-46)31-5-7-34(47)8-6-31)28-52-17-19-53(20-18-52)35-9-11-37(43(23-35)61-44-22-32-14-16-49-41(32)25-39(44)48)45(55)51-62(58,59)36-10-12-40(42(24-36)54(56)57)50-27-30-4-3-21-60-29-30/h5-12,14,16,22-25,30,49-50H,3-4,13,15,17-21,26-29H2,1-2H3,(H,51,55)/t30-/m0/s1. The topological polar surface area (TPSA) is 159 Å². The molecule has 4 aromatic carbocycles. The average molecular weight is 885 g/mol. The number of benzene rings is 4. The summed E-state index contributed by atoms with van der Waals surface area (Å²) in [6, 6.07) is 20.9. The molecule has 1 atom stereocenters. The number of carbonyl (C=O) groups is 1. The molecule has 0 radical (unpaired) electrons. The maximum Gasteiger partial charge on any atom is 0.293 e. The van der Waals surface area contributed by atoms with Crippen LogP contribution in [0.15, 0.2) is 95.5 Å². The van der Waals surface area contributed by atoms with Gasteiger partial charge < -0.3 is 24.7 Å². The smallest absolute Gasteiger partial charge is 0.293 e. The summed E-state index contributed by atoms with van der Waals surface area (Å²) in [5.74, 6) is -1.81. The maximum absolute atomic E-state index is 15.5. The van der Waals surface area contributed by atoms with Crippen LogP contribution in [0.4, 0.5) is 21.5 Å². The number of anilines is 2. The molecule has 3 aliphatic rings. The molecule has 326 valence electrons. The van der Waals surface area contributed by atoms with Crippen molar-refractivity contribution in [3.8, 4) is 11.5 Å². The van der Waals surface area contributed by atoms with Gasteiger partial charge in [-0.05, 0) is 103 Å². The van der Waals surface area contributed by atoms with E-state index in [1.807, 2.05) is 12.1 Å². The van der Waals surface area contributed by atoms with E-state index in [0.717, 1.165) is 57.8 Å². The number of ether oxygens (including phenoxy) is 2. The van der Waals surface area contributed by atoms with Gasteiger partial charge in [-0.3, -0.25) is 19.8 Å². The number of nitro benzene ring substituents is 1. The zero-order chi connectivity index (χ0) is 43.6. The third kappa shape index (κ3) is 9.91. The van der Waals surface area contributed by atoms with Crippen molar-refractivity contribution in [2.45, 2.75) is 50.8 Å². The Morgan fingerprint density at radius 2 is 1.82 bits per heavy atom. The van der Waals surface area contributed by atoms with Crippen LogP contribution in [0, 0.1) is 27.3 Å². The van der Waals surface area contributed by atoms with Crippen LogP contribution in [0.3, 0.4) is 0 Å². The zero-order valence-electron chi connectivity index (χ0n) is 34.7. The minimum Gasteiger partial charge on any atom is -0.453 e. The van der Waals surface area contributed by atoms with Gasteiger partial charge in [0.15, 0.2) is 11.6 Å². The van der Waals surface area contributed by atoms with Crippen molar-refractivity contribution in [3.63, 3.8) is 0 Å². The molecule has 2 saturated heterocycles. The van der Waals surface area contributed by atoms with E-state index in [4.69, 9.17) is 21.1 Å². The molecule has 3 heterocycles. The number of H-pyrrole nitrogens is 1. The Morgan fingerprint density at radius 3 is 2.56 bits per heavy atom. The third-order valence-electron chi connectivity index (χ3n) is 12.1. The molecule has 1 aromatic heterocycles. The minimum atomic E-state index is -4.63. The number of hydrogen-bond acceptors (Lipinski definition) is 10. The molecule has 0 bridgehead atoms. The van der Waals surface area contributed by atoms with Crippen molar-refractivity contribution in [1.82, 2.24) is 14.6 Å². The van der Waals surface area contributed by atoms with Crippen LogP contribution in [0.2, 0.25) is 5.02 Å². The fourth-order valence-corrected chi connectivity index (χ4v) is 9.68. The number of aromatic amines is 1. The number of piperazine rings is 1. The number of fused-ring (bicyclic) bond motifs is 1. The molecular formula is C46H50ClFN6O7S. The summed E-state index contributed by atoms with van der Waals surface area (Å²) in [6.07, 6.45) is 6.58. The highest BCUT2D eigenvalue weighted by atomic mass is 35.5. The highest BCUT2D eigenvalue weighted by Crippen LogP contribution is 2.43. The van der Waals surface area contributed by atoms with Crippen LogP contribution in [-0.2, 0) is 14.8 Å². The molecule has 2 aliphatic heterocycles. The van der Waals surface area contributed by atoms with E-state index in [1.54, 1.807) is 24.4 Å². The fraction of sp³-hybridized carbons (Fsp3) is 0.370. The second-order valence-corrected chi connectivity index (χ2v) is 19.3. The van der Waals surface area contributed by atoms with E-state index >= 15 is 4.39 Å². The number of nitrogens with one attached hydrogen (secondary N) is 3. The van der Waals surface area contributed by atoms with Gasteiger partial charge in [0.05, 0.1) is 22.0 Å². The summed E-state index contributed by atoms with van der Waals surface area (Å²) in [7, 11) is -4.63. The average Bonchev–Trinajstić information content (AvgIpc) is 3.71. The summed E-state index contributed by atoms with van der Waals surface area (Å²) in [5.41, 5.74) is 5.02. The maximum atomic E-state index is 15.5. The van der Waals surface area contributed by atoms with Gasteiger partial charge >= 0.3 is 0 Å². The van der Waals surface area contributed by atoms with Crippen LogP contribution >= 0.6 is 11.6 Å². The molecule has 2 fully saturated rings. The van der Waals surface area contributed by atoms with Crippen LogP contribution in [-0.4, -0.2) is 81.6 Å². The van der Waals surface area contributed by atoms with Crippen molar-refractivity contribution in [2.24, 2.45) is 11.3 Å². The second-order valence-electron chi connectivity index (χ2n) is 17.2. The van der Waals surface area contributed by atoms with E-state index < -0.39 is 37.3 Å². The van der Waals surface area contributed by atoms with Crippen LogP contribution < -0.4 is 19.7 Å². The second kappa shape index (κ2) is 18.1. The van der Waals surface area contributed by atoms with Gasteiger partial charge in [0, 0.05) is 91.9 Å². The number of rotatable bonds is 13. The van der Waals surface area contributed by atoms with E-state index in [9.17, 15) is 23.3 Å². The first-order valence-electron chi connectivity index (χ1n) is 20.9. The highest BCUT2D eigenvalue weighted by Gasteiger charge is 2.31. The number of allylic oxidation sites excluding steroid dienone is 1. The quantitative estimate of drug-likeness (QED) is 0.0768. The molecule has 13 nitrogen and oxygen atoms in total. The molecule has 8 rings (SSSR count). The summed E-state index contributed by atoms with van der Waals surface area (Å²) < 4.78 is 56.5. The Labute approximate surface area is 365 Å². The van der Waals surface area contributed by atoms with Crippen LogP contribution in [0.25, 0.3) is 16.5 Å². The molecule has 3 N–H and O–H groups in total. The van der Waals surface area contributed by atoms with Gasteiger partial charge in [0.1, 0.15) is 11.4 Å². The lowest BCUT2D eigenvalue weighted by atomic mass is 9.72. The molecular weight excluding hydrogens is 835 g/mol. The van der Waals surface area contributed by atoms with Gasteiger partial charge in [-0.2, -0.15) is 0 Å². The van der Waals surface area contributed by atoms with Crippen molar-refractivity contribution in [2.75, 3.05) is 62.7 Å². The predicted octanol–water partition coefficient (Wildman–Crippen LogP) is 9.40. The van der Waals surface area contributed by atoms with Crippen molar-refractivity contribution < 1.29 is 32.0 Å². The van der Waals surface area contributed by atoms with E-state index in [0.29, 0.717) is 54.5 Å². The number of hydrogen-bond donors (Lipinski definition) is 3. The Hall–Kier alpha value is -5.48. The lowest BCUT2D eigenvalue weighted by Gasteiger charge is -2.39. The first-order valence-corrected chi connectivity index (χ1v) is 22.8. The van der Waals surface area contributed by atoms with Crippen LogP contribution in [0.5, 0.6) is 11.5 Å². The number of aromatic nitrogens is 1. The first-order chi connectivity index (χ1) is 29.7. The predicted molar refractivity (Wildman–Crippen MR) is 239 cm³/mol. The lowest BCUT2D eigenvalue weighted by Crippen LogP contribution is -2.47. The fourth-order valence-electron chi connectivity index (χ4n) is 8.57. The molecule has 5 aromatic rings. The highest BCUT2D eigenvalue weighted by molar-refractivity contribution is 7.90. The SMILES string of the molecule is CC1(C)CCC(CN2CCN(c3ccc(C(=O)NS(=O)(=O)c4ccc(NC[C@@H]5CCCOC5)c([N+](=O)[O-])c4)c(Oc4cc5cc[nH]c5cc4F)c3)CC2)=C(c2ccc(Cl)cc2)C1. The Balaban J connectivity index is 1.02. The van der Waals surface area contributed by atoms with Gasteiger partial charge in [0.2, 0.25) is 0 Å². The van der Waals surface area contributed by atoms with Gasteiger partial charge in [-0.25, -0.2) is 17.5 Å². The minimum absolute atomic E-state index is 0.0637. The van der Waals surface area contributed by atoms with Gasteiger partial charge in [0.25, 0.3) is 21.6 Å². The van der Waals surface area contributed by atoms with Gasteiger partial charge in [-0.1, -0.05) is 43.2 Å². The zero-order valence-corrected chi connectivity index (χ0v) is 36.3. The van der Waals surface area contributed by atoms with Crippen molar-refractivity contribution >= 4 is 61.1 Å². The number of halogens is 2. The lowest BCUT2D eigenvalue weighted by molar-refractivity contribution is -0.384. The van der Waals surface area contributed by atoms with Crippen molar-refractivity contribution in [1.29, 1.82) is 0 Å². The Bertz CT molecular complexity index is 2620. The first kappa shape index (κ1) is 43.2. The van der Waals surface area contributed by atoms with Crippen molar-refractivity contribution in [3.05, 3.63) is 123 Å². The van der Waals surface area contributed by atoms with E-state index in [1.165, 1.54) is 47.0 Å². The summed E-state index contributed by atoms with van der Waals surface area (Å²) in [5, 5.41) is 16.5. The summed E-state index contributed by atoms with van der Waals surface area (Å²) in [6.45, 7) is 9.97. The Kier molecular flexibility index (Phi) is 12.6. The largest absolute Gasteiger partial charge is 0.453 e. The molecule has 1 amide bonds. The van der Waals surface area contributed by atoms with E-state index in [-0.39, 0.29) is 34.1 Å². The molecule has 1 aliphatic carbocycles. The molecule has 16 heteroatoms. The number of amides is 1. The number of nitrogens with zero attached hydrogens (tertiary/aromatic N) is 3. The normalized spacial score (nSPS) is 18.5. The molecule has 0 saturated carbocycles. The molecule has 62 heavy (non-hydrogen) atoms. The number of nitro groups is 1. The number of carbonyl (C=O) groups excluding carboxylic acids is 1. The monoisotopic (exact) mass is 884 g/mol. The van der Waals surface area contributed by atoms with Gasteiger partial charge in [-0.15, -0.1) is 0 Å². The van der Waals surface area contributed by atoms with Crippen LogP contribution in [0.1, 0.15) is 61.9 Å². The Morgan fingerprint density at radius 1 is 1.03 bits per heavy atom. The molecule has 0 spiro atoms. The molecule has 0 unspecified atom stereocenters.